The maximum absolute atomic E-state index is 12.2. The normalized spacial score (nSPS) is 11.5. The molecule has 5 nitrogen and oxygen atoms in total. The van der Waals surface area contributed by atoms with E-state index in [0.29, 0.717) is 12.1 Å². The average Bonchev–Trinajstić information content (AvgIpc) is 2.62. The number of carbonyl (C=O) groups excluding carboxylic acids is 2. The second-order valence-corrected chi connectivity index (χ2v) is 5.97. The lowest BCUT2D eigenvalue weighted by Crippen LogP contribution is -2.23. The van der Waals surface area contributed by atoms with Crippen molar-refractivity contribution in [1.29, 1.82) is 0 Å². The molecule has 132 valence electrons. The molecule has 2 rings (SSSR count). The van der Waals surface area contributed by atoms with Gasteiger partial charge in [0, 0.05) is 25.5 Å². The van der Waals surface area contributed by atoms with Crippen LogP contribution in [0.25, 0.3) is 0 Å². The van der Waals surface area contributed by atoms with Gasteiger partial charge in [0.05, 0.1) is 5.92 Å². The Hall–Kier alpha value is -2.82. The summed E-state index contributed by atoms with van der Waals surface area (Å²) in [6.45, 7) is 1.63. The monoisotopic (exact) mass is 340 g/mol. The minimum Gasteiger partial charge on any atom is -0.455 e. The van der Waals surface area contributed by atoms with Crippen LogP contribution in [0, 0.1) is 0 Å². The molecule has 0 unspecified atom stereocenters. The quantitative estimate of drug-likeness (QED) is 0.785. The number of nitrogens with one attached hydrogen (secondary N) is 1. The van der Waals surface area contributed by atoms with Crippen LogP contribution in [0.5, 0.6) is 0 Å². The van der Waals surface area contributed by atoms with Gasteiger partial charge in [-0.25, -0.2) is 0 Å². The van der Waals surface area contributed by atoms with E-state index < -0.39 is 0 Å². The van der Waals surface area contributed by atoms with Gasteiger partial charge in [0.2, 0.25) is 0 Å². The third kappa shape index (κ3) is 5.35. The molecule has 0 aliphatic carbocycles. The largest absolute Gasteiger partial charge is 0.455 e. The van der Waals surface area contributed by atoms with Crippen LogP contribution in [0.2, 0.25) is 0 Å². The zero-order chi connectivity index (χ0) is 18.2. The van der Waals surface area contributed by atoms with Crippen molar-refractivity contribution in [3.05, 3.63) is 60.2 Å². The second kappa shape index (κ2) is 8.87. The summed E-state index contributed by atoms with van der Waals surface area (Å²) >= 11 is 0. The first kappa shape index (κ1) is 18.5. The van der Waals surface area contributed by atoms with E-state index in [1.54, 1.807) is 0 Å². The maximum atomic E-state index is 12.2. The van der Waals surface area contributed by atoms with Gasteiger partial charge in [-0.2, -0.15) is 0 Å². The molecule has 5 heteroatoms. The van der Waals surface area contributed by atoms with E-state index in [1.807, 2.05) is 80.5 Å². The Balaban J connectivity index is 1.87. The van der Waals surface area contributed by atoms with Crippen molar-refractivity contribution in [3.8, 4) is 0 Å². The highest BCUT2D eigenvalue weighted by Crippen LogP contribution is 2.21. The number of benzene rings is 2. The fourth-order valence-corrected chi connectivity index (χ4v) is 2.50. The van der Waals surface area contributed by atoms with Gasteiger partial charge in [-0.15, -0.1) is 0 Å². The molecule has 2 aromatic rings. The summed E-state index contributed by atoms with van der Waals surface area (Å²) in [5.74, 6) is -1.09. The van der Waals surface area contributed by atoms with E-state index >= 15 is 0 Å². The summed E-state index contributed by atoms with van der Waals surface area (Å²) in [5, 5.41) is 2.73. The van der Waals surface area contributed by atoms with Gasteiger partial charge < -0.3 is 15.0 Å². The third-order valence-electron chi connectivity index (χ3n) is 3.91. The van der Waals surface area contributed by atoms with Gasteiger partial charge >= 0.3 is 5.97 Å². The fourth-order valence-electron chi connectivity index (χ4n) is 2.50. The van der Waals surface area contributed by atoms with Crippen molar-refractivity contribution >= 4 is 23.3 Å². The number of hydrogen-bond acceptors (Lipinski definition) is 4. The van der Waals surface area contributed by atoms with Crippen LogP contribution >= 0.6 is 0 Å². The Morgan fingerprint density at radius 3 is 2.24 bits per heavy atom. The summed E-state index contributed by atoms with van der Waals surface area (Å²) < 4.78 is 5.19. The zero-order valence-corrected chi connectivity index (χ0v) is 14.9. The van der Waals surface area contributed by atoms with E-state index in [-0.39, 0.29) is 24.4 Å². The Labute approximate surface area is 148 Å². The molecule has 25 heavy (non-hydrogen) atoms. The molecule has 0 aliphatic heterocycles. The smallest absolute Gasteiger partial charge is 0.313 e. The molecule has 2 aromatic carbocycles. The standard InChI is InChI=1S/C20H24N2O3/c1-4-18(15-8-6-5-7-9-15)20(24)25-14-19(23)21-16-10-12-17(13-11-16)22(2)3/h5-13,18H,4,14H2,1-3H3,(H,21,23)/t18-/m0/s1. The number of amides is 1. The summed E-state index contributed by atoms with van der Waals surface area (Å²) in [5.41, 5.74) is 2.61. The number of anilines is 2. The lowest BCUT2D eigenvalue weighted by molar-refractivity contribution is -0.149. The van der Waals surface area contributed by atoms with Crippen molar-refractivity contribution in [2.45, 2.75) is 19.3 Å². The Morgan fingerprint density at radius 1 is 1.04 bits per heavy atom. The van der Waals surface area contributed by atoms with Gasteiger partial charge in [0.25, 0.3) is 5.91 Å². The Bertz CT molecular complexity index is 697. The maximum Gasteiger partial charge on any atom is 0.313 e. The Kier molecular flexibility index (Phi) is 6.57. The molecule has 0 saturated carbocycles. The molecule has 0 aliphatic rings. The summed E-state index contributed by atoms with van der Waals surface area (Å²) in [4.78, 5) is 26.2. The number of ether oxygens (including phenoxy) is 1. The molecule has 0 fully saturated rings. The number of carbonyl (C=O) groups is 2. The van der Waals surface area contributed by atoms with Gasteiger partial charge in [-0.3, -0.25) is 9.59 Å². The van der Waals surface area contributed by atoms with E-state index in [9.17, 15) is 9.59 Å². The van der Waals surface area contributed by atoms with Crippen LogP contribution in [0.3, 0.4) is 0 Å². The number of hydrogen-bond donors (Lipinski definition) is 1. The van der Waals surface area contributed by atoms with Crippen molar-refractivity contribution in [3.63, 3.8) is 0 Å². The van der Waals surface area contributed by atoms with Crippen LogP contribution in [0.4, 0.5) is 11.4 Å². The minimum atomic E-state index is -0.383. The molecule has 0 aromatic heterocycles. The van der Waals surface area contributed by atoms with Crippen LogP contribution in [0.1, 0.15) is 24.8 Å². The van der Waals surface area contributed by atoms with Gasteiger partial charge in [0.1, 0.15) is 0 Å². The highest BCUT2D eigenvalue weighted by atomic mass is 16.5. The molecule has 1 amide bonds. The topological polar surface area (TPSA) is 58.6 Å². The highest BCUT2D eigenvalue weighted by molar-refractivity contribution is 5.93. The number of rotatable bonds is 7. The minimum absolute atomic E-state index is 0.294. The second-order valence-electron chi connectivity index (χ2n) is 5.97. The SMILES string of the molecule is CC[C@H](C(=O)OCC(=O)Nc1ccc(N(C)C)cc1)c1ccccc1. The van der Waals surface area contributed by atoms with Gasteiger partial charge in [-0.05, 0) is 36.2 Å². The highest BCUT2D eigenvalue weighted by Gasteiger charge is 2.20. The van der Waals surface area contributed by atoms with Crippen molar-refractivity contribution < 1.29 is 14.3 Å². The van der Waals surface area contributed by atoms with Gasteiger partial charge in [0.15, 0.2) is 6.61 Å². The lowest BCUT2D eigenvalue weighted by atomic mass is 9.97. The zero-order valence-electron chi connectivity index (χ0n) is 14.9. The van der Waals surface area contributed by atoms with Crippen molar-refractivity contribution in [2.75, 3.05) is 30.9 Å². The van der Waals surface area contributed by atoms with E-state index in [0.717, 1.165) is 11.3 Å². The van der Waals surface area contributed by atoms with Gasteiger partial charge in [-0.1, -0.05) is 37.3 Å². The Morgan fingerprint density at radius 2 is 1.68 bits per heavy atom. The summed E-state index contributed by atoms with van der Waals surface area (Å²) in [6.07, 6.45) is 0.621. The molecule has 0 radical (unpaired) electrons. The molecular formula is C20H24N2O3. The van der Waals surface area contributed by atoms with Crippen LogP contribution in [-0.2, 0) is 14.3 Å². The molecule has 0 bridgehead atoms. The molecule has 0 spiro atoms. The number of esters is 1. The fraction of sp³-hybridized carbons (Fsp3) is 0.300. The van der Waals surface area contributed by atoms with Crippen LogP contribution in [0.15, 0.2) is 54.6 Å². The molecule has 1 atom stereocenters. The van der Waals surface area contributed by atoms with E-state index in [4.69, 9.17) is 4.74 Å². The summed E-state index contributed by atoms with van der Waals surface area (Å²) in [6, 6.07) is 16.9. The van der Waals surface area contributed by atoms with Crippen molar-refractivity contribution in [2.24, 2.45) is 0 Å². The van der Waals surface area contributed by atoms with E-state index in [2.05, 4.69) is 5.32 Å². The predicted octanol–water partition coefficient (Wildman–Crippen LogP) is 3.43. The third-order valence-corrected chi connectivity index (χ3v) is 3.91. The lowest BCUT2D eigenvalue weighted by Gasteiger charge is -2.15. The first-order valence-electron chi connectivity index (χ1n) is 8.30. The van der Waals surface area contributed by atoms with Crippen LogP contribution < -0.4 is 10.2 Å². The molecular weight excluding hydrogens is 316 g/mol. The first-order valence-corrected chi connectivity index (χ1v) is 8.30. The summed E-state index contributed by atoms with van der Waals surface area (Å²) in [7, 11) is 3.90. The number of nitrogens with zero attached hydrogens (tertiary/aromatic N) is 1. The average molecular weight is 340 g/mol. The molecule has 0 saturated heterocycles. The molecule has 1 N–H and O–H groups in total. The van der Waals surface area contributed by atoms with Crippen molar-refractivity contribution in [1.82, 2.24) is 0 Å². The van der Waals surface area contributed by atoms with Crippen LogP contribution in [-0.4, -0.2) is 32.6 Å². The van der Waals surface area contributed by atoms with E-state index in [1.165, 1.54) is 0 Å². The first-order chi connectivity index (χ1) is 12.0. The predicted molar refractivity (Wildman–Crippen MR) is 99.8 cm³/mol. The molecule has 0 heterocycles.